The second kappa shape index (κ2) is 4.19. The van der Waals surface area contributed by atoms with Gasteiger partial charge in [0.05, 0.1) is 11.6 Å². The van der Waals surface area contributed by atoms with Crippen LogP contribution in [0.5, 0.6) is 0 Å². The smallest absolute Gasteiger partial charge is 0.0991 e. The number of nitriles is 1. The molecule has 3 rings (SSSR count). The van der Waals surface area contributed by atoms with Crippen LogP contribution < -0.4 is 4.90 Å². The van der Waals surface area contributed by atoms with E-state index in [0.717, 1.165) is 24.1 Å². The molecule has 0 bridgehead atoms. The summed E-state index contributed by atoms with van der Waals surface area (Å²) in [5.41, 5.74) is 5.79. The van der Waals surface area contributed by atoms with Gasteiger partial charge in [0.15, 0.2) is 0 Å². The minimum absolute atomic E-state index is 0.726. The Morgan fingerprint density at radius 3 is 2.72 bits per heavy atom. The van der Waals surface area contributed by atoms with Gasteiger partial charge >= 0.3 is 0 Å². The van der Waals surface area contributed by atoms with E-state index in [1.165, 1.54) is 16.9 Å². The van der Waals surface area contributed by atoms with Crippen LogP contribution in [0.15, 0.2) is 42.5 Å². The molecule has 0 aromatic heterocycles. The van der Waals surface area contributed by atoms with Crippen molar-refractivity contribution >= 4 is 11.4 Å². The van der Waals surface area contributed by atoms with E-state index >= 15 is 0 Å². The predicted octanol–water partition coefficient (Wildman–Crippen LogP) is 3.56. The van der Waals surface area contributed by atoms with Gasteiger partial charge in [0.2, 0.25) is 0 Å². The zero-order chi connectivity index (χ0) is 12.5. The standard InChI is InChI=1S/C16H14N2/c1-12-10-13(11-17)6-7-15(12)18-9-8-14-4-2-3-5-16(14)18/h2-7,10H,8-9H2,1H3. The number of aryl methyl sites for hydroxylation is 1. The molecule has 1 heterocycles. The summed E-state index contributed by atoms with van der Waals surface area (Å²) in [5, 5.41) is 8.91. The van der Waals surface area contributed by atoms with Gasteiger partial charge in [-0.1, -0.05) is 18.2 Å². The lowest BCUT2D eigenvalue weighted by atomic mass is 10.1. The number of hydrogen-bond donors (Lipinski definition) is 0. The molecular weight excluding hydrogens is 220 g/mol. The lowest BCUT2D eigenvalue weighted by Crippen LogP contribution is -2.14. The van der Waals surface area contributed by atoms with Crippen molar-refractivity contribution in [1.82, 2.24) is 0 Å². The molecule has 0 radical (unpaired) electrons. The second-order valence-electron chi connectivity index (χ2n) is 4.64. The third-order valence-corrected chi connectivity index (χ3v) is 3.50. The first-order valence-corrected chi connectivity index (χ1v) is 6.16. The molecule has 1 aliphatic heterocycles. The van der Waals surface area contributed by atoms with Crippen LogP contribution in [-0.2, 0) is 6.42 Å². The van der Waals surface area contributed by atoms with Crippen molar-refractivity contribution in [3.05, 3.63) is 59.2 Å². The average Bonchev–Trinajstić information content (AvgIpc) is 2.82. The van der Waals surface area contributed by atoms with Crippen molar-refractivity contribution in [3.63, 3.8) is 0 Å². The van der Waals surface area contributed by atoms with Crippen molar-refractivity contribution in [1.29, 1.82) is 5.26 Å². The van der Waals surface area contributed by atoms with Gasteiger partial charge in [-0.25, -0.2) is 0 Å². The summed E-state index contributed by atoms with van der Waals surface area (Å²) in [5.74, 6) is 0. The highest BCUT2D eigenvalue weighted by atomic mass is 15.2. The van der Waals surface area contributed by atoms with Crippen molar-refractivity contribution in [3.8, 4) is 6.07 Å². The number of fused-ring (bicyclic) bond motifs is 1. The SMILES string of the molecule is Cc1cc(C#N)ccc1N1CCc2ccccc21. The van der Waals surface area contributed by atoms with Gasteiger partial charge in [-0.3, -0.25) is 0 Å². The van der Waals surface area contributed by atoms with Crippen molar-refractivity contribution < 1.29 is 0 Å². The number of benzene rings is 2. The molecule has 2 nitrogen and oxygen atoms in total. The summed E-state index contributed by atoms with van der Waals surface area (Å²) >= 11 is 0. The minimum Gasteiger partial charge on any atom is -0.341 e. The largest absolute Gasteiger partial charge is 0.341 e. The highest BCUT2D eigenvalue weighted by Crippen LogP contribution is 2.35. The van der Waals surface area contributed by atoms with Crippen LogP contribution in [0.25, 0.3) is 0 Å². The number of nitrogens with zero attached hydrogens (tertiary/aromatic N) is 2. The first-order chi connectivity index (χ1) is 8.79. The molecule has 2 heteroatoms. The zero-order valence-electron chi connectivity index (χ0n) is 10.4. The molecule has 0 amide bonds. The van der Waals surface area contributed by atoms with Crippen molar-refractivity contribution in [2.24, 2.45) is 0 Å². The van der Waals surface area contributed by atoms with Crippen LogP contribution >= 0.6 is 0 Å². The fourth-order valence-electron chi connectivity index (χ4n) is 2.62. The summed E-state index contributed by atoms with van der Waals surface area (Å²) in [7, 11) is 0. The summed E-state index contributed by atoms with van der Waals surface area (Å²) in [6.45, 7) is 3.09. The van der Waals surface area contributed by atoms with Crippen LogP contribution in [0.2, 0.25) is 0 Å². The Morgan fingerprint density at radius 2 is 1.94 bits per heavy atom. The Hall–Kier alpha value is -2.27. The van der Waals surface area contributed by atoms with E-state index in [2.05, 4.69) is 48.2 Å². The molecule has 0 fully saturated rings. The minimum atomic E-state index is 0.726. The zero-order valence-corrected chi connectivity index (χ0v) is 10.4. The average molecular weight is 234 g/mol. The molecule has 2 aromatic rings. The van der Waals surface area contributed by atoms with Crippen LogP contribution in [-0.4, -0.2) is 6.54 Å². The molecule has 0 aliphatic carbocycles. The Kier molecular flexibility index (Phi) is 2.53. The first-order valence-electron chi connectivity index (χ1n) is 6.16. The Morgan fingerprint density at radius 1 is 1.11 bits per heavy atom. The van der Waals surface area contributed by atoms with Gasteiger partial charge in [-0.2, -0.15) is 5.26 Å². The first kappa shape index (κ1) is 10.9. The molecule has 0 spiro atoms. The van der Waals surface area contributed by atoms with Gasteiger partial charge in [0.1, 0.15) is 0 Å². The highest BCUT2D eigenvalue weighted by molar-refractivity contribution is 5.72. The highest BCUT2D eigenvalue weighted by Gasteiger charge is 2.20. The van der Waals surface area contributed by atoms with Crippen LogP contribution in [0.3, 0.4) is 0 Å². The summed E-state index contributed by atoms with van der Waals surface area (Å²) in [6, 6.07) is 16.6. The van der Waals surface area contributed by atoms with E-state index in [9.17, 15) is 0 Å². The number of hydrogen-bond acceptors (Lipinski definition) is 2. The topological polar surface area (TPSA) is 27.0 Å². The Bertz CT molecular complexity index is 638. The summed E-state index contributed by atoms with van der Waals surface area (Å²) in [6.07, 6.45) is 1.09. The van der Waals surface area contributed by atoms with E-state index in [-0.39, 0.29) is 0 Å². The van der Waals surface area contributed by atoms with Gasteiger partial charge in [0, 0.05) is 17.9 Å². The molecular formula is C16H14N2. The maximum absolute atomic E-state index is 8.91. The fraction of sp³-hybridized carbons (Fsp3) is 0.188. The van der Waals surface area contributed by atoms with Gasteiger partial charge in [-0.15, -0.1) is 0 Å². The van der Waals surface area contributed by atoms with E-state index in [0.29, 0.717) is 0 Å². The van der Waals surface area contributed by atoms with E-state index in [1.54, 1.807) is 0 Å². The predicted molar refractivity (Wildman–Crippen MR) is 73.0 cm³/mol. The fourth-order valence-corrected chi connectivity index (χ4v) is 2.62. The molecule has 0 unspecified atom stereocenters. The van der Waals surface area contributed by atoms with Gasteiger partial charge < -0.3 is 4.90 Å². The summed E-state index contributed by atoms with van der Waals surface area (Å²) < 4.78 is 0. The molecule has 0 saturated heterocycles. The van der Waals surface area contributed by atoms with Crippen LogP contribution in [0.1, 0.15) is 16.7 Å². The van der Waals surface area contributed by atoms with Crippen LogP contribution in [0.4, 0.5) is 11.4 Å². The number of para-hydroxylation sites is 1. The molecule has 18 heavy (non-hydrogen) atoms. The Labute approximate surface area is 107 Å². The lowest BCUT2D eigenvalue weighted by Gasteiger charge is -2.21. The molecule has 2 aromatic carbocycles. The molecule has 88 valence electrons. The molecule has 0 saturated carbocycles. The van der Waals surface area contributed by atoms with Crippen molar-refractivity contribution in [2.45, 2.75) is 13.3 Å². The third-order valence-electron chi connectivity index (χ3n) is 3.50. The molecule has 0 N–H and O–H groups in total. The Balaban J connectivity index is 2.05. The van der Waals surface area contributed by atoms with Crippen LogP contribution in [0, 0.1) is 18.3 Å². The molecule has 0 atom stereocenters. The maximum Gasteiger partial charge on any atom is 0.0991 e. The maximum atomic E-state index is 8.91. The number of anilines is 2. The quantitative estimate of drug-likeness (QED) is 0.754. The summed E-state index contributed by atoms with van der Waals surface area (Å²) in [4.78, 5) is 2.34. The number of rotatable bonds is 1. The van der Waals surface area contributed by atoms with E-state index in [4.69, 9.17) is 5.26 Å². The monoisotopic (exact) mass is 234 g/mol. The van der Waals surface area contributed by atoms with E-state index < -0.39 is 0 Å². The van der Waals surface area contributed by atoms with Gasteiger partial charge in [0.25, 0.3) is 0 Å². The normalized spacial score (nSPS) is 13.2. The van der Waals surface area contributed by atoms with E-state index in [1.807, 2.05) is 12.1 Å². The lowest BCUT2D eigenvalue weighted by molar-refractivity contribution is 0.992. The third kappa shape index (κ3) is 1.65. The van der Waals surface area contributed by atoms with Crippen molar-refractivity contribution in [2.75, 3.05) is 11.4 Å². The second-order valence-corrected chi connectivity index (χ2v) is 4.64. The molecule has 1 aliphatic rings. The van der Waals surface area contributed by atoms with Gasteiger partial charge in [-0.05, 0) is 48.7 Å².